The molecule has 2 rings (SSSR count). The highest BCUT2D eigenvalue weighted by Crippen LogP contribution is 2.18. The van der Waals surface area contributed by atoms with Crippen LogP contribution in [0.1, 0.15) is 41.7 Å². The van der Waals surface area contributed by atoms with Gasteiger partial charge in [-0.1, -0.05) is 18.8 Å². The smallest absolute Gasteiger partial charge is 0.253 e. The zero-order valence-electron chi connectivity index (χ0n) is 9.07. The van der Waals surface area contributed by atoms with Crippen molar-refractivity contribution < 1.29 is 4.79 Å². The molecular formula is C13H14N2O. The Balaban J connectivity index is 2.00. The summed E-state index contributed by atoms with van der Waals surface area (Å²) in [5.74, 6) is 2.37. The minimum absolute atomic E-state index is 0.0528. The van der Waals surface area contributed by atoms with Gasteiger partial charge < -0.3 is 5.32 Å². The average molecular weight is 214 g/mol. The number of nitrogens with zero attached hydrogens (tertiary/aromatic N) is 1. The van der Waals surface area contributed by atoms with Gasteiger partial charge in [0.25, 0.3) is 5.91 Å². The van der Waals surface area contributed by atoms with E-state index in [2.05, 4.69) is 16.2 Å². The third-order valence-corrected chi connectivity index (χ3v) is 2.86. The van der Waals surface area contributed by atoms with Crippen molar-refractivity contribution in [2.45, 2.75) is 31.7 Å². The lowest BCUT2D eigenvalue weighted by Crippen LogP contribution is -2.32. The Morgan fingerprint density at radius 2 is 2.19 bits per heavy atom. The van der Waals surface area contributed by atoms with E-state index in [-0.39, 0.29) is 5.91 Å². The summed E-state index contributed by atoms with van der Waals surface area (Å²) in [6, 6.07) is 3.73. The zero-order valence-corrected chi connectivity index (χ0v) is 9.07. The van der Waals surface area contributed by atoms with Crippen molar-refractivity contribution in [1.82, 2.24) is 10.3 Å². The highest BCUT2D eigenvalue weighted by molar-refractivity contribution is 5.94. The van der Waals surface area contributed by atoms with E-state index in [0.717, 1.165) is 12.8 Å². The molecule has 1 aliphatic rings. The first kappa shape index (κ1) is 10.7. The van der Waals surface area contributed by atoms with Gasteiger partial charge in [0.2, 0.25) is 0 Å². The van der Waals surface area contributed by atoms with Crippen molar-refractivity contribution in [3.05, 3.63) is 29.6 Å². The van der Waals surface area contributed by atoms with Crippen LogP contribution in [0.15, 0.2) is 18.3 Å². The number of rotatable bonds is 2. The molecule has 1 amide bonds. The predicted molar refractivity (Wildman–Crippen MR) is 61.9 cm³/mol. The van der Waals surface area contributed by atoms with E-state index >= 15 is 0 Å². The Morgan fingerprint density at radius 3 is 2.75 bits per heavy atom. The van der Waals surface area contributed by atoms with Crippen molar-refractivity contribution in [2.24, 2.45) is 0 Å². The Kier molecular flexibility index (Phi) is 3.21. The van der Waals surface area contributed by atoms with E-state index in [4.69, 9.17) is 6.42 Å². The molecule has 1 fully saturated rings. The van der Waals surface area contributed by atoms with E-state index in [1.165, 1.54) is 19.0 Å². The number of hydrogen-bond donors (Lipinski definition) is 1. The molecule has 1 aromatic rings. The van der Waals surface area contributed by atoms with E-state index in [1.54, 1.807) is 12.1 Å². The molecule has 0 spiro atoms. The van der Waals surface area contributed by atoms with Gasteiger partial charge in [0.15, 0.2) is 0 Å². The van der Waals surface area contributed by atoms with Gasteiger partial charge in [-0.3, -0.25) is 4.79 Å². The molecule has 0 aromatic carbocycles. The highest BCUT2D eigenvalue weighted by atomic mass is 16.1. The van der Waals surface area contributed by atoms with Crippen LogP contribution >= 0.6 is 0 Å². The maximum atomic E-state index is 11.8. The van der Waals surface area contributed by atoms with Gasteiger partial charge in [-0.05, 0) is 25.0 Å². The van der Waals surface area contributed by atoms with Crippen LogP contribution in [0.25, 0.3) is 0 Å². The van der Waals surface area contributed by atoms with Crippen LogP contribution in [-0.4, -0.2) is 16.9 Å². The SMILES string of the molecule is C#Cc1ccc(C(=O)NC2CCCC2)cn1. The van der Waals surface area contributed by atoms with Gasteiger partial charge in [-0.2, -0.15) is 0 Å². The van der Waals surface area contributed by atoms with Crippen LogP contribution in [0.4, 0.5) is 0 Å². The van der Waals surface area contributed by atoms with Gasteiger partial charge in [-0.15, -0.1) is 6.42 Å². The molecule has 0 saturated heterocycles. The van der Waals surface area contributed by atoms with E-state index < -0.39 is 0 Å². The minimum atomic E-state index is -0.0528. The molecule has 16 heavy (non-hydrogen) atoms. The fourth-order valence-corrected chi connectivity index (χ4v) is 1.95. The van der Waals surface area contributed by atoms with Gasteiger partial charge in [0, 0.05) is 12.2 Å². The Hall–Kier alpha value is -1.82. The molecular weight excluding hydrogens is 200 g/mol. The fraction of sp³-hybridized carbons (Fsp3) is 0.385. The summed E-state index contributed by atoms with van der Waals surface area (Å²) < 4.78 is 0. The number of aromatic nitrogens is 1. The molecule has 0 unspecified atom stereocenters. The van der Waals surface area contributed by atoms with E-state index in [0.29, 0.717) is 17.3 Å². The molecule has 1 aliphatic carbocycles. The average Bonchev–Trinajstić information content (AvgIpc) is 2.82. The van der Waals surface area contributed by atoms with Gasteiger partial charge in [0.05, 0.1) is 5.56 Å². The number of pyridine rings is 1. The van der Waals surface area contributed by atoms with Crippen LogP contribution in [0.3, 0.4) is 0 Å². The lowest BCUT2D eigenvalue weighted by atomic mass is 10.2. The van der Waals surface area contributed by atoms with Crippen molar-refractivity contribution in [2.75, 3.05) is 0 Å². The third kappa shape index (κ3) is 2.40. The summed E-state index contributed by atoms with van der Waals surface area (Å²) in [6.45, 7) is 0. The molecule has 0 atom stereocenters. The molecule has 3 heteroatoms. The number of carbonyl (C=O) groups is 1. The van der Waals surface area contributed by atoms with Crippen LogP contribution in [0.2, 0.25) is 0 Å². The number of hydrogen-bond acceptors (Lipinski definition) is 2. The third-order valence-electron chi connectivity index (χ3n) is 2.86. The monoisotopic (exact) mass is 214 g/mol. The normalized spacial score (nSPS) is 15.7. The molecule has 1 aromatic heterocycles. The zero-order chi connectivity index (χ0) is 11.4. The summed E-state index contributed by atoms with van der Waals surface area (Å²) in [5.41, 5.74) is 1.13. The molecule has 1 N–H and O–H groups in total. The van der Waals surface area contributed by atoms with Crippen molar-refractivity contribution >= 4 is 5.91 Å². The highest BCUT2D eigenvalue weighted by Gasteiger charge is 2.17. The predicted octanol–water partition coefficient (Wildman–Crippen LogP) is 1.74. The second-order valence-corrected chi connectivity index (χ2v) is 4.03. The standard InChI is InChI=1S/C13H14N2O/c1-2-11-8-7-10(9-14-11)13(16)15-12-5-3-4-6-12/h1,7-9,12H,3-6H2,(H,15,16). The number of carbonyl (C=O) groups excluding carboxylic acids is 1. The quantitative estimate of drug-likeness (QED) is 0.762. The van der Waals surface area contributed by atoms with Crippen molar-refractivity contribution in [3.8, 4) is 12.3 Å². The first-order valence-corrected chi connectivity index (χ1v) is 5.53. The Bertz CT molecular complexity index is 411. The van der Waals surface area contributed by atoms with Crippen LogP contribution in [0, 0.1) is 12.3 Å². The van der Waals surface area contributed by atoms with Gasteiger partial charge in [-0.25, -0.2) is 4.98 Å². The largest absolute Gasteiger partial charge is 0.349 e. The van der Waals surface area contributed by atoms with E-state index in [1.807, 2.05) is 0 Å². The summed E-state index contributed by atoms with van der Waals surface area (Å²) in [5, 5.41) is 3.00. The minimum Gasteiger partial charge on any atom is -0.349 e. The van der Waals surface area contributed by atoms with E-state index in [9.17, 15) is 4.79 Å². The second kappa shape index (κ2) is 4.80. The van der Waals surface area contributed by atoms with Crippen LogP contribution in [0.5, 0.6) is 0 Å². The summed E-state index contributed by atoms with van der Waals surface area (Å²) in [4.78, 5) is 15.8. The first-order chi connectivity index (χ1) is 7.79. The molecule has 1 heterocycles. The Labute approximate surface area is 95.3 Å². The molecule has 1 saturated carbocycles. The second-order valence-electron chi connectivity index (χ2n) is 4.03. The summed E-state index contributed by atoms with van der Waals surface area (Å²) >= 11 is 0. The number of amides is 1. The maximum absolute atomic E-state index is 11.8. The molecule has 0 aliphatic heterocycles. The Morgan fingerprint density at radius 1 is 1.44 bits per heavy atom. The molecule has 82 valence electrons. The topological polar surface area (TPSA) is 42.0 Å². The molecule has 3 nitrogen and oxygen atoms in total. The summed E-state index contributed by atoms with van der Waals surface area (Å²) in [7, 11) is 0. The van der Waals surface area contributed by atoms with Crippen LogP contribution in [-0.2, 0) is 0 Å². The molecule has 0 bridgehead atoms. The number of nitrogens with one attached hydrogen (secondary N) is 1. The lowest BCUT2D eigenvalue weighted by Gasteiger charge is -2.11. The van der Waals surface area contributed by atoms with Crippen molar-refractivity contribution in [3.63, 3.8) is 0 Å². The van der Waals surface area contributed by atoms with Crippen LogP contribution < -0.4 is 5.32 Å². The number of terminal acetylenes is 1. The maximum Gasteiger partial charge on any atom is 0.253 e. The summed E-state index contributed by atoms with van der Waals surface area (Å²) in [6.07, 6.45) is 11.3. The first-order valence-electron chi connectivity index (χ1n) is 5.53. The fourth-order valence-electron chi connectivity index (χ4n) is 1.95. The van der Waals surface area contributed by atoms with Gasteiger partial charge in [0.1, 0.15) is 5.69 Å². The lowest BCUT2D eigenvalue weighted by molar-refractivity contribution is 0.0937. The molecule has 0 radical (unpaired) electrons. The van der Waals surface area contributed by atoms with Gasteiger partial charge >= 0.3 is 0 Å². The van der Waals surface area contributed by atoms with Crippen molar-refractivity contribution in [1.29, 1.82) is 0 Å².